The summed E-state index contributed by atoms with van der Waals surface area (Å²) in [5.74, 6) is 3.99. The minimum atomic E-state index is 0.235. The molecule has 0 nitrogen and oxygen atoms in total. The van der Waals surface area contributed by atoms with E-state index in [1.54, 1.807) is 5.56 Å². The van der Waals surface area contributed by atoms with E-state index in [1.165, 1.54) is 32.1 Å². The molecule has 5 rings (SSSR count). The van der Waals surface area contributed by atoms with Crippen LogP contribution in [0.2, 0.25) is 0 Å². The minimum absolute atomic E-state index is 0.235. The van der Waals surface area contributed by atoms with Crippen molar-refractivity contribution in [3.63, 3.8) is 0 Å². The molecule has 0 aliphatic heterocycles. The zero-order chi connectivity index (χ0) is 19.7. The van der Waals surface area contributed by atoms with Crippen LogP contribution in [-0.4, -0.2) is 0 Å². The van der Waals surface area contributed by atoms with Crippen molar-refractivity contribution in [2.24, 2.45) is 35.5 Å². The van der Waals surface area contributed by atoms with Crippen LogP contribution >= 0.6 is 0 Å². The van der Waals surface area contributed by atoms with E-state index in [0.717, 1.165) is 12.3 Å². The van der Waals surface area contributed by atoms with Crippen LogP contribution in [0.15, 0.2) is 91.6 Å². The molecule has 0 radical (unpaired) electrons. The molecule has 4 aliphatic carbocycles. The Morgan fingerprint density at radius 2 is 1.34 bits per heavy atom. The third-order valence-electron chi connectivity index (χ3n) is 8.47. The van der Waals surface area contributed by atoms with Gasteiger partial charge in [-0.15, -0.1) is 6.58 Å². The Morgan fingerprint density at radius 3 is 1.90 bits per heavy atom. The van der Waals surface area contributed by atoms with Crippen molar-refractivity contribution in [2.75, 3.05) is 0 Å². The largest absolute Gasteiger partial charge is 0.103 e. The molecule has 0 amide bonds. The van der Waals surface area contributed by atoms with Gasteiger partial charge in [0.25, 0.3) is 0 Å². The molecule has 0 heteroatoms. The molecule has 0 spiro atoms. The first-order chi connectivity index (χ1) is 14.4. The van der Waals surface area contributed by atoms with Crippen LogP contribution in [0.5, 0.6) is 0 Å². The summed E-state index contributed by atoms with van der Waals surface area (Å²) >= 11 is 0. The topological polar surface area (TPSA) is 0 Å². The average molecular weight is 383 g/mol. The Morgan fingerprint density at radius 1 is 0.793 bits per heavy atom. The van der Waals surface area contributed by atoms with Gasteiger partial charge in [-0.1, -0.05) is 97.9 Å². The average Bonchev–Trinajstić information content (AvgIpc) is 3.43. The third-order valence-corrected chi connectivity index (χ3v) is 8.47. The standard InChI is InChI=1S/C29H34/c1-2-3-21-29(23-15-7-8-16-23,22-13-5-4-6-14-22)28-26-19-11-9-17-24(26)25-18-10-12-20-27(25)28/h2,4-6,9-14,17-20,23-28H,1,3,7-8,15-16,21H2. The Bertz CT molecular complexity index is 798. The van der Waals surface area contributed by atoms with Crippen molar-refractivity contribution < 1.29 is 0 Å². The highest BCUT2D eigenvalue weighted by atomic mass is 14.6. The molecule has 2 fully saturated rings. The van der Waals surface area contributed by atoms with Crippen molar-refractivity contribution in [1.82, 2.24) is 0 Å². The second-order valence-electron chi connectivity index (χ2n) is 9.59. The summed E-state index contributed by atoms with van der Waals surface area (Å²) in [5, 5.41) is 0. The molecule has 29 heavy (non-hydrogen) atoms. The molecule has 0 aromatic heterocycles. The van der Waals surface area contributed by atoms with Gasteiger partial charge in [0, 0.05) is 5.41 Å². The first-order valence-electron chi connectivity index (χ1n) is 11.7. The molecule has 5 unspecified atom stereocenters. The van der Waals surface area contributed by atoms with Crippen LogP contribution in [0.3, 0.4) is 0 Å². The maximum Gasteiger partial charge on any atom is 0.00240 e. The summed E-state index contributed by atoms with van der Waals surface area (Å²) in [5.41, 5.74) is 1.82. The number of rotatable bonds is 6. The zero-order valence-corrected chi connectivity index (χ0v) is 17.5. The molecule has 0 heterocycles. The van der Waals surface area contributed by atoms with Gasteiger partial charge in [0.15, 0.2) is 0 Å². The quantitative estimate of drug-likeness (QED) is 0.449. The maximum atomic E-state index is 4.12. The molecular weight excluding hydrogens is 348 g/mol. The van der Waals surface area contributed by atoms with E-state index in [0.29, 0.717) is 29.6 Å². The Labute approximate surface area is 176 Å². The molecule has 1 aromatic rings. The second kappa shape index (κ2) is 7.98. The van der Waals surface area contributed by atoms with Crippen LogP contribution in [-0.2, 0) is 5.41 Å². The molecule has 4 aliphatic rings. The van der Waals surface area contributed by atoms with Gasteiger partial charge in [-0.3, -0.25) is 0 Å². The number of hydrogen-bond donors (Lipinski definition) is 0. The molecule has 150 valence electrons. The van der Waals surface area contributed by atoms with Crippen LogP contribution in [0.1, 0.15) is 44.1 Å². The van der Waals surface area contributed by atoms with E-state index in [-0.39, 0.29) is 5.41 Å². The Kier molecular flexibility index (Phi) is 5.20. The molecule has 0 saturated heterocycles. The summed E-state index contributed by atoms with van der Waals surface area (Å²) in [4.78, 5) is 0. The third kappa shape index (κ3) is 3.03. The van der Waals surface area contributed by atoms with Gasteiger partial charge in [0.2, 0.25) is 0 Å². The summed E-state index contributed by atoms with van der Waals surface area (Å²) in [6.07, 6.45) is 29.4. The maximum absolute atomic E-state index is 4.12. The van der Waals surface area contributed by atoms with Crippen LogP contribution < -0.4 is 0 Å². The predicted molar refractivity (Wildman–Crippen MR) is 124 cm³/mol. The van der Waals surface area contributed by atoms with Crippen LogP contribution in [0, 0.1) is 35.5 Å². The van der Waals surface area contributed by atoms with Gasteiger partial charge < -0.3 is 0 Å². The normalized spacial score (nSPS) is 34.7. The number of hydrogen-bond acceptors (Lipinski definition) is 0. The number of benzene rings is 1. The summed E-state index contributed by atoms with van der Waals surface area (Å²) in [7, 11) is 0. The smallest absolute Gasteiger partial charge is 0.00240 e. The lowest BCUT2D eigenvalue weighted by Gasteiger charge is -2.49. The van der Waals surface area contributed by atoms with Crippen molar-refractivity contribution in [1.29, 1.82) is 0 Å². The molecular formula is C29H34. The Hall–Kier alpha value is -2.08. The number of fused-ring (bicyclic) bond motifs is 3. The monoisotopic (exact) mass is 382 g/mol. The van der Waals surface area contributed by atoms with E-state index in [9.17, 15) is 0 Å². The second-order valence-corrected chi connectivity index (χ2v) is 9.59. The van der Waals surface area contributed by atoms with Gasteiger partial charge in [0.05, 0.1) is 0 Å². The van der Waals surface area contributed by atoms with Crippen LogP contribution in [0.4, 0.5) is 0 Å². The fraction of sp³-hybridized carbons (Fsp3) is 0.448. The lowest BCUT2D eigenvalue weighted by molar-refractivity contribution is 0.109. The first-order valence-corrected chi connectivity index (χ1v) is 11.7. The van der Waals surface area contributed by atoms with Crippen LogP contribution in [0.25, 0.3) is 0 Å². The highest BCUT2D eigenvalue weighted by Crippen LogP contribution is 2.63. The summed E-state index contributed by atoms with van der Waals surface area (Å²) in [6, 6.07) is 11.6. The molecule has 2 saturated carbocycles. The fourth-order valence-corrected chi connectivity index (χ4v) is 7.46. The van der Waals surface area contributed by atoms with Gasteiger partial charge in [-0.05, 0) is 66.8 Å². The fourth-order valence-electron chi connectivity index (χ4n) is 7.46. The SMILES string of the molecule is C=CCCC(c1ccccc1)(C1CCCC1)C1C2C=CC=CC2C2C=CC=CC21. The zero-order valence-electron chi connectivity index (χ0n) is 17.5. The van der Waals surface area contributed by atoms with Gasteiger partial charge in [0.1, 0.15) is 0 Å². The lowest BCUT2D eigenvalue weighted by Crippen LogP contribution is -2.46. The van der Waals surface area contributed by atoms with E-state index in [4.69, 9.17) is 0 Å². The molecule has 0 N–H and O–H groups in total. The predicted octanol–water partition coefficient (Wildman–Crippen LogP) is 7.43. The summed E-state index contributed by atoms with van der Waals surface area (Å²) < 4.78 is 0. The van der Waals surface area contributed by atoms with Crippen molar-refractivity contribution in [3.05, 3.63) is 97.2 Å². The highest BCUT2D eigenvalue weighted by Gasteiger charge is 2.58. The molecule has 0 bridgehead atoms. The van der Waals surface area contributed by atoms with Gasteiger partial charge in [-0.25, -0.2) is 0 Å². The number of allylic oxidation sites excluding steroid dienone is 9. The first kappa shape index (κ1) is 18.9. The van der Waals surface area contributed by atoms with Crippen molar-refractivity contribution >= 4 is 0 Å². The van der Waals surface area contributed by atoms with E-state index < -0.39 is 0 Å². The minimum Gasteiger partial charge on any atom is -0.103 e. The van der Waals surface area contributed by atoms with E-state index >= 15 is 0 Å². The summed E-state index contributed by atoms with van der Waals surface area (Å²) in [6.45, 7) is 4.12. The molecule has 5 atom stereocenters. The van der Waals surface area contributed by atoms with Gasteiger partial charge in [-0.2, -0.15) is 0 Å². The molecule has 1 aromatic carbocycles. The van der Waals surface area contributed by atoms with Crippen molar-refractivity contribution in [3.8, 4) is 0 Å². The van der Waals surface area contributed by atoms with E-state index in [2.05, 4.69) is 91.6 Å². The van der Waals surface area contributed by atoms with Gasteiger partial charge >= 0.3 is 0 Å². The lowest BCUT2D eigenvalue weighted by atomic mass is 9.54. The van der Waals surface area contributed by atoms with E-state index in [1.807, 2.05) is 0 Å². The van der Waals surface area contributed by atoms with Crippen molar-refractivity contribution in [2.45, 2.75) is 43.9 Å². The highest BCUT2D eigenvalue weighted by molar-refractivity contribution is 5.37. The Balaban J connectivity index is 1.69.